The highest BCUT2D eigenvalue weighted by Crippen LogP contribution is 2.29. The Labute approximate surface area is 189 Å². The highest BCUT2D eigenvalue weighted by molar-refractivity contribution is 7.91. The molecule has 8 heteroatoms. The molecule has 6 nitrogen and oxygen atoms in total. The second-order valence-corrected chi connectivity index (χ2v) is 11.2. The van der Waals surface area contributed by atoms with Gasteiger partial charge in [-0.15, -0.1) is 0 Å². The molecule has 1 aliphatic heterocycles. The molecule has 176 valence electrons. The number of hydrogen-bond donors (Lipinski definition) is 1. The van der Waals surface area contributed by atoms with Crippen molar-refractivity contribution in [2.45, 2.75) is 57.8 Å². The van der Waals surface area contributed by atoms with Crippen LogP contribution in [0.25, 0.3) is 0 Å². The van der Waals surface area contributed by atoms with Crippen molar-refractivity contribution in [2.75, 3.05) is 18.1 Å². The molecule has 1 aromatic rings. The molecule has 0 spiro atoms. The normalized spacial score (nSPS) is 20.8. The lowest BCUT2D eigenvalue weighted by molar-refractivity contribution is -0.125. The third-order valence-corrected chi connectivity index (χ3v) is 8.09. The van der Waals surface area contributed by atoms with Gasteiger partial charge < -0.3 is 4.74 Å². The van der Waals surface area contributed by atoms with E-state index in [-0.39, 0.29) is 47.3 Å². The number of carbonyl (C=O) groups is 2. The van der Waals surface area contributed by atoms with Crippen LogP contribution >= 0.6 is 0 Å². The number of imide groups is 1. The fourth-order valence-electron chi connectivity index (χ4n) is 4.31. The van der Waals surface area contributed by atoms with Crippen LogP contribution in [0.1, 0.15) is 63.4 Å². The summed E-state index contributed by atoms with van der Waals surface area (Å²) in [6.07, 6.45) is 9.05. The van der Waals surface area contributed by atoms with Gasteiger partial charge in [0.25, 0.3) is 0 Å². The van der Waals surface area contributed by atoms with Crippen molar-refractivity contribution >= 4 is 21.7 Å². The second kappa shape index (κ2) is 11.1. The first-order valence-electron chi connectivity index (χ1n) is 11.3. The lowest BCUT2D eigenvalue weighted by Gasteiger charge is -2.16. The minimum Gasteiger partial charge on any atom is -0.490 e. The number of amides is 2. The summed E-state index contributed by atoms with van der Waals surface area (Å²) in [7, 11) is -3.32. The summed E-state index contributed by atoms with van der Waals surface area (Å²) in [5.74, 6) is -0.993. The summed E-state index contributed by atoms with van der Waals surface area (Å²) in [4.78, 5) is 22.7. The van der Waals surface area contributed by atoms with Crippen LogP contribution in [0.15, 0.2) is 30.4 Å². The molecule has 1 aromatic carbocycles. The smallest absolute Gasteiger partial charge is 0.230 e. The Balaban J connectivity index is 1.47. The highest BCUT2D eigenvalue weighted by Gasteiger charge is 2.29. The quantitative estimate of drug-likeness (QED) is 0.395. The van der Waals surface area contributed by atoms with Crippen LogP contribution in [-0.4, -0.2) is 38.3 Å². The van der Waals surface area contributed by atoms with Crippen LogP contribution < -0.4 is 10.1 Å². The topological polar surface area (TPSA) is 89.5 Å². The molecule has 1 unspecified atom stereocenters. The maximum absolute atomic E-state index is 14.1. The van der Waals surface area contributed by atoms with Gasteiger partial charge in [0.15, 0.2) is 21.4 Å². The number of carbonyl (C=O) groups excluding carboxylic acids is 2. The van der Waals surface area contributed by atoms with Crippen molar-refractivity contribution in [3.8, 4) is 5.75 Å². The summed E-state index contributed by atoms with van der Waals surface area (Å²) in [6, 6.07) is 4.58. The fourth-order valence-corrected chi connectivity index (χ4v) is 5.92. The maximum atomic E-state index is 14.1. The lowest BCUT2D eigenvalue weighted by Crippen LogP contribution is -2.21. The minimum absolute atomic E-state index is 0.00410. The van der Waals surface area contributed by atoms with E-state index < -0.39 is 15.7 Å². The van der Waals surface area contributed by atoms with E-state index in [1.165, 1.54) is 18.9 Å². The first-order chi connectivity index (χ1) is 15.2. The lowest BCUT2D eigenvalue weighted by atomic mass is 10.0. The van der Waals surface area contributed by atoms with Crippen molar-refractivity contribution in [2.24, 2.45) is 11.8 Å². The molecule has 1 aliphatic carbocycles. The molecule has 1 saturated heterocycles. The van der Waals surface area contributed by atoms with Crippen LogP contribution in [0.2, 0.25) is 0 Å². The first-order valence-corrected chi connectivity index (χ1v) is 13.2. The van der Waals surface area contributed by atoms with Gasteiger partial charge in [0, 0.05) is 6.42 Å². The molecule has 0 bridgehead atoms. The molecular formula is C24H32FNO5S. The monoisotopic (exact) mass is 465 g/mol. The molecule has 2 fully saturated rings. The van der Waals surface area contributed by atoms with Gasteiger partial charge in [-0.3, -0.25) is 14.9 Å². The molecule has 2 amide bonds. The second-order valence-electron chi connectivity index (χ2n) is 8.98. The standard InChI is InChI=1S/C24H32FNO5S/c1-17(19-10-11-21(25)22(13-19)31-15-18-7-4-5-8-18)16-32(29,30)12-6-2-3-9-20-14-23(27)26-24(20)28/h2-3,10-11,13,17-18,20H,4-9,12,14-16H2,1H3,(H,26,27,28)/b3-2+/t17-,20?/m0/s1. The van der Waals surface area contributed by atoms with Gasteiger partial charge in [-0.2, -0.15) is 0 Å². The zero-order valence-electron chi connectivity index (χ0n) is 18.5. The predicted molar refractivity (Wildman–Crippen MR) is 121 cm³/mol. The third kappa shape index (κ3) is 7.15. The van der Waals surface area contributed by atoms with Crippen LogP contribution in [0.5, 0.6) is 5.75 Å². The van der Waals surface area contributed by atoms with E-state index in [1.54, 1.807) is 24.3 Å². The Morgan fingerprint density at radius 2 is 1.97 bits per heavy atom. The largest absolute Gasteiger partial charge is 0.490 e. The molecule has 1 heterocycles. The molecule has 32 heavy (non-hydrogen) atoms. The highest BCUT2D eigenvalue weighted by atomic mass is 32.2. The van der Waals surface area contributed by atoms with Gasteiger partial charge in [0.1, 0.15) is 0 Å². The molecule has 1 N–H and O–H groups in total. The van der Waals surface area contributed by atoms with E-state index in [9.17, 15) is 22.4 Å². The summed E-state index contributed by atoms with van der Waals surface area (Å²) in [5.41, 5.74) is 0.740. The summed E-state index contributed by atoms with van der Waals surface area (Å²) < 4.78 is 44.9. The summed E-state index contributed by atoms with van der Waals surface area (Å²) in [5, 5.41) is 2.26. The van der Waals surface area contributed by atoms with Gasteiger partial charge in [-0.25, -0.2) is 12.8 Å². The maximum Gasteiger partial charge on any atom is 0.230 e. The predicted octanol–water partition coefficient (Wildman–Crippen LogP) is 3.91. The van der Waals surface area contributed by atoms with E-state index in [1.807, 2.05) is 6.92 Å². The first kappa shape index (κ1) is 24.4. The van der Waals surface area contributed by atoms with Gasteiger partial charge >= 0.3 is 0 Å². The van der Waals surface area contributed by atoms with Gasteiger partial charge in [0.2, 0.25) is 11.8 Å². The van der Waals surface area contributed by atoms with Crippen molar-refractivity contribution in [3.63, 3.8) is 0 Å². The van der Waals surface area contributed by atoms with Crippen molar-refractivity contribution < 1.29 is 27.1 Å². The molecule has 2 atom stereocenters. The number of hydrogen-bond acceptors (Lipinski definition) is 5. The summed E-state index contributed by atoms with van der Waals surface area (Å²) in [6.45, 7) is 2.31. The SMILES string of the molecule is C[C@@H](CS(=O)(=O)CC/C=C/CC1CC(=O)NC1=O)c1ccc(F)c(OCC2CCCC2)c1. The zero-order valence-corrected chi connectivity index (χ0v) is 19.3. The Kier molecular flexibility index (Phi) is 8.45. The zero-order chi connectivity index (χ0) is 23.1. The molecule has 2 aliphatic rings. The van der Waals surface area contributed by atoms with Crippen LogP contribution in [0, 0.1) is 17.7 Å². The van der Waals surface area contributed by atoms with E-state index in [2.05, 4.69) is 5.32 Å². The van der Waals surface area contributed by atoms with E-state index >= 15 is 0 Å². The van der Waals surface area contributed by atoms with Crippen LogP contribution in [-0.2, 0) is 19.4 Å². The van der Waals surface area contributed by atoms with E-state index in [4.69, 9.17) is 4.74 Å². The van der Waals surface area contributed by atoms with Gasteiger partial charge in [0.05, 0.1) is 24.0 Å². The number of nitrogens with one attached hydrogen (secondary N) is 1. The molecule has 0 radical (unpaired) electrons. The van der Waals surface area contributed by atoms with E-state index in [0.29, 0.717) is 25.4 Å². The number of sulfone groups is 1. The third-order valence-electron chi connectivity index (χ3n) is 6.23. The van der Waals surface area contributed by atoms with Crippen molar-refractivity contribution in [3.05, 3.63) is 41.7 Å². The molecular weight excluding hydrogens is 433 g/mol. The number of ether oxygens (including phenoxy) is 1. The Bertz CT molecular complexity index is 953. The van der Waals surface area contributed by atoms with Crippen molar-refractivity contribution in [1.29, 1.82) is 0 Å². The Hall–Kier alpha value is -2.22. The van der Waals surface area contributed by atoms with Crippen molar-refractivity contribution in [1.82, 2.24) is 5.32 Å². The van der Waals surface area contributed by atoms with Crippen LogP contribution in [0.3, 0.4) is 0 Å². The molecule has 0 aromatic heterocycles. The number of allylic oxidation sites excluding steroid dienone is 2. The van der Waals surface area contributed by atoms with E-state index in [0.717, 1.165) is 18.4 Å². The molecule has 1 saturated carbocycles. The summed E-state index contributed by atoms with van der Waals surface area (Å²) >= 11 is 0. The van der Waals surface area contributed by atoms with Crippen LogP contribution in [0.4, 0.5) is 4.39 Å². The fraction of sp³-hybridized carbons (Fsp3) is 0.583. The number of benzene rings is 1. The average molecular weight is 466 g/mol. The average Bonchev–Trinajstić information content (AvgIpc) is 3.35. The molecule has 3 rings (SSSR count). The Morgan fingerprint density at radius 3 is 2.66 bits per heavy atom. The Morgan fingerprint density at radius 1 is 1.22 bits per heavy atom. The number of rotatable bonds is 11. The van der Waals surface area contributed by atoms with Gasteiger partial charge in [-0.05, 0) is 55.2 Å². The van der Waals surface area contributed by atoms with Gasteiger partial charge in [-0.1, -0.05) is 38.0 Å². The minimum atomic E-state index is -3.32. The number of halogens is 1.